The average molecular weight is 284 g/mol. The number of hydrogen-bond donors (Lipinski definition) is 3. The lowest BCUT2D eigenvalue weighted by Gasteiger charge is -2.11. The smallest absolute Gasteiger partial charge is 0.175 e. The van der Waals surface area contributed by atoms with Gasteiger partial charge in [0.25, 0.3) is 0 Å². The van der Waals surface area contributed by atoms with E-state index in [4.69, 9.17) is 0 Å². The Morgan fingerprint density at radius 1 is 1.37 bits per heavy atom. The molecule has 0 bridgehead atoms. The van der Waals surface area contributed by atoms with Gasteiger partial charge in [-0.05, 0) is 24.1 Å². The molecule has 6 heteroatoms. The van der Waals surface area contributed by atoms with Gasteiger partial charge in [0.05, 0.1) is 11.0 Å². The Hall–Kier alpha value is -0.950. The van der Waals surface area contributed by atoms with Crippen LogP contribution in [0.4, 0.5) is 0 Å². The van der Waals surface area contributed by atoms with Crippen LogP contribution in [0.1, 0.15) is 12.0 Å². The van der Waals surface area contributed by atoms with Crippen molar-refractivity contribution < 1.29 is 13.5 Å². The fourth-order valence-corrected chi connectivity index (χ4v) is 2.83. The van der Waals surface area contributed by atoms with E-state index in [2.05, 4.69) is 10.6 Å². The van der Waals surface area contributed by atoms with Gasteiger partial charge in [-0.25, -0.2) is 8.42 Å². The van der Waals surface area contributed by atoms with Crippen molar-refractivity contribution in [1.82, 2.24) is 10.6 Å². The molecule has 2 unspecified atom stereocenters. The molecule has 0 spiro atoms. The van der Waals surface area contributed by atoms with Gasteiger partial charge in [-0.15, -0.1) is 0 Å². The minimum atomic E-state index is -3.12. The zero-order chi connectivity index (χ0) is 13.9. The zero-order valence-corrected chi connectivity index (χ0v) is 11.8. The lowest BCUT2D eigenvalue weighted by molar-refractivity contribution is 0.193. The molecule has 1 heterocycles. The molecule has 1 aromatic rings. The first-order valence-corrected chi connectivity index (χ1v) is 8.25. The third-order valence-electron chi connectivity index (χ3n) is 3.27. The Bertz CT molecular complexity index is 513. The molecule has 0 amide bonds. The summed E-state index contributed by atoms with van der Waals surface area (Å²) in [7, 11) is -3.12. The summed E-state index contributed by atoms with van der Waals surface area (Å²) in [6.07, 6.45) is 1.75. The summed E-state index contributed by atoms with van der Waals surface area (Å²) in [6, 6.07) is 7.21. The van der Waals surface area contributed by atoms with Gasteiger partial charge in [-0.1, -0.05) is 12.1 Å². The highest BCUT2D eigenvalue weighted by Crippen LogP contribution is 2.10. The molecule has 1 aliphatic heterocycles. The third kappa shape index (κ3) is 4.28. The minimum absolute atomic E-state index is 0.235. The molecule has 5 nitrogen and oxygen atoms in total. The van der Waals surface area contributed by atoms with Gasteiger partial charge in [0, 0.05) is 31.9 Å². The van der Waals surface area contributed by atoms with Crippen molar-refractivity contribution in [3.63, 3.8) is 0 Å². The average Bonchev–Trinajstić information content (AvgIpc) is 2.75. The number of rotatable bonds is 5. The summed E-state index contributed by atoms with van der Waals surface area (Å²) >= 11 is 0. The number of sulfone groups is 1. The van der Waals surface area contributed by atoms with Crippen LogP contribution in [0.25, 0.3) is 0 Å². The van der Waals surface area contributed by atoms with E-state index in [1.165, 1.54) is 6.26 Å². The van der Waals surface area contributed by atoms with E-state index >= 15 is 0 Å². The second kappa shape index (κ2) is 6.00. The molecule has 1 saturated heterocycles. The Morgan fingerprint density at radius 2 is 2.05 bits per heavy atom. The molecular formula is C13H20N2O3S. The van der Waals surface area contributed by atoms with E-state index in [1.54, 1.807) is 12.1 Å². The van der Waals surface area contributed by atoms with Gasteiger partial charge >= 0.3 is 0 Å². The molecule has 2 rings (SSSR count). The van der Waals surface area contributed by atoms with Crippen LogP contribution in [-0.2, 0) is 16.4 Å². The molecule has 0 aromatic heterocycles. The Balaban J connectivity index is 1.80. The molecule has 1 fully saturated rings. The normalized spacial score (nSPS) is 23.7. The Morgan fingerprint density at radius 3 is 2.58 bits per heavy atom. The van der Waals surface area contributed by atoms with Crippen LogP contribution in [0.2, 0.25) is 0 Å². The first-order chi connectivity index (χ1) is 8.95. The number of nitrogens with one attached hydrogen (secondary N) is 2. The minimum Gasteiger partial charge on any atom is -0.392 e. The molecule has 0 aliphatic carbocycles. The molecule has 2 atom stereocenters. The van der Waals surface area contributed by atoms with Crippen molar-refractivity contribution in [3.05, 3.63) is 29.8 Å². The van der Waals surface area contributed by atoms with Crippen molar-refractivity contribution in [1.29, 1.82) is 0 Å². The number of hydrogen-bond acceptors (Lipinski definition) is 5. The standard InChI is InChI=1S/C13H20N2O3S/c1-19(17,18)13-4-2-10(3-5-13)7-14-8-11-6-12(16)9-15-11/h2-5,11-12,14-16H,6-9H2,1H3. The van der Waals surface area contributed by atoms with Gasteiger partial charge in [-0.3, -0.25) is 0 Å². The second-order valence-corrected chi connectivity index (χ2v) is 7.06. The van der Waals surface area contributed by atoms with E-state index in [9.17, 15) is 13.5 Å². The second-order valence-electron chi connectivity index (χ2n) is 5.04. The van der Waals surface area contributed by atoms with E-state index in [1.807, 2.05) is 12.1 Å². The summed E-state index contributed by atoms with van der Waals surface area (Å²) in [5, 5.41) is 15.9. The summed E-state index contributed by atoms with van der Waals surface area (Å²) < 4.78 is 22.6. The summed E-state index contributed by atoms with van der Waals surface area (Å²) in [6.45, 7) is 2.15. The predicted octanol–water partition coefficient (Wildman–Crippen LogP) is -0.0975. The van der Waals surface area contributed by atoms with E-state index < -0.39 is 9.84 Å². The van der Waals surface area contributed by atoms with Crippen molar-refractivity contribution in [2.75, 3.05) is 19.3 Å². The van der Waals surface area contributed by atoms with E-state index in [0.717, 1.165) is 18.5 Å². The summed E-state index contributed by atoms with van der Waals surface area (Å²) in [5.41, 5.74) is 1.05. The molecule has 3 N–H and O–H groups in total. The maximum Gasteiger partial charge on any atom is 0.175 e. The van der Waals surface area contributed by atoms with Crippen LogP contribution in [0.5, 0.6) is 0 Å². The zero-order valence-electron chi connectivity index (χ0n) is 11.0. The fraction of sp³-hybridized carbons (Fsp3) is 0.538. The molecule has 1 aliphatic rings. The molecule has 19 heavy (non-hydrogen) atoms. The highest BCUT2D eigenvalue weighted by Gasteiger charge is 2.21. The largest absolute Gasteiger partial charge is 0.392 e. The number of aliphatic hydroxyl groups is 1. The van der Waals surface area contributed by atoms with Crippen molar-refractivity contribution >= 4 is 9.84 Å². The first kappa shape index (κ1) is 14.5. The van der Waals surface area contributed by atoms with E-state index in [0.29, 0.717) is 24.0 Å². The topological polar surface area (TPSA) is 78.4 Å². The van der Waals surface area contributed by atoms with Crippen LogP contribution < -0.4 is 10.6 Å². The lowest BCUT2D eigenvalue weighted by atomic mass is 10.2. The lowest BCUT2D eigenvalue weighted by Crippen LogP contribution is -2.33. The van der Waals surface area contributed by atoms with Gasteiger partial charge in [-0.2, -0.15) is 0 Å². The summed E-state index contributed by atoms with van der Waals surface area (Å²) in [5.74, 6) is 0. The van der Waals surface area contributed by atoms with Gasteiger partial charge in [0.1, 0.15) is 0 Å². The quantitative estimate of drug-likeness (QED) is 0.704. The van der Waals surface area contributed by atoms with Crippen LogP contribution in [-0.4, -0.2) is 45.0 Å². The maximum atomic E-state index is 11.3. The number of β-amino-alcohol motifs (C(OH)–C–C–N with tert-alkyl or cyclic N) is 1. The predicted molar refractivity (Wildman–Crippen MR) is 73.7 cm³/mol. The molecular weight excluding hydrogens is 264 g/mol. The van der Waals surface area contributed by atoms with Gasteiger partial charge in [0.2, 0.25) is 0 Å². The van der Waals surface area contributed by atoms with E-state index in [-0.39, 0.29) is 6.10 Å². The van der Waals surface area contributed by atoms with Crippen LogP contribution in [0, 0.1) is 0 Å². The number of benzene rings is 1. The fourth-order valence-electron chi connectivity index (χ4n) is 2.20. The highest BCUT2D eigenvalue weighted by atomic mass is 32.2. The monoisotopic (exact) mass is 284 g/mol. The van der Waals surface area contributed by atoms with Crippen molar-refractivity contribution in [3.8, 4) is 0 Å². The van der Waals surface area contributed by atoms with Crippen molar-refractivity contribution in [2.24, 2.45) is 0 Å². The van der Waals surface area contributed by atoms with Crippen molar-refractivity contribution in [2.45, 2.75) is 30.0 Å². The Kier molecular flexibility index (Phi) is 4.57. The van der Waals surface area contributed by atoms with Crippen LogP contribution in [0.3, 0.4) is 0 Å². The van der Waals surface area contributed by atoms with Gasteiger partial charge < -0.3 is 15.7 Å². The SMILES string of the molecule is CS(=O)(=O)c1ccc(CNCC2CC(O)CN2)cc1. The maximum absolute atomic E-state index is 11.3. The molecule has 106 valence electrons. The molecule has 0 saturated carbocycles. The highest BCUT2D eigenvalue weighted by molar-refractivity contribution is 7.90. The number of aliphatic hydroxyl groups excluding tert-OH is 1. The molecule has 0 radical (unpaired) electrons. The van der Waals surface area contributed by atoms with Crippen LogP contribution in [0.15, 0.2) is 29.2 Å². The first-order valence-electron chi connectivity index (χ1n) is 6.36. The van der Waals surface area contributed by atoms with Crippen LogP contribution >= 0.6 is 0 Å². The third-order valence-corrected chi connectivity index (χ3v) is 4.40. The molecule has 1 aromatic carbocycles. The summed E-state index contributed by atoms with van der Waals surface area (Å²) in [4.78, 5) is 0.344. The van der Waals surface area contributed by atoms with Gasteiger partial charge in [0.15, 0.2) is 9.84 Å². The Labute approximate surface area is 113 Å².